The monoisotopic (exact) mass is 299 g/mol. The molecule has 0 saturated heterocycles. The van der Waals surface area contributed by atoms with Crippen LogP contribution in [0.3, 0.4) is 0 Å². The number of pyridine rings is 1. The lowest BCUT2D eigenvalue weighted by Gasteiger charge is -2.25. The summed E-state index contributed by atoms with van der Waals surface area (Å²) < 4.78 is 0. The van der Waals surface area contributed by atoms with E-state index in [1.807, 2.05) is 18.3 Å². The smallest absolute Gasteiger partial charge is 0.403 e. The Morgan fingerprint density at radius 3 is 2.35 bits per heavy atom. The molecule has 2 aromatic carbocycles. The molecule has 1 N–H and O–H groups in total. The normalized spacial score (nSPS) is 13.0. The van der Waals surface area contributed by atoms with Crippen LogP contribution in [0.25, 0.3) is 0 Å². The standard InChI is InChI=1S/C19H18BN3/c1-14-8-7-9-15(2)19(14)20-22-16-10-3-4-11-17(16)23(20)18-12-5-6-13-21-18/h3-13,22H,1-2H3. The fraction of sp³-hybridized carbons (Fsp3) is 0.105. The fourth-order valence-electron chi connectivity index (χ4n) is 3.37. The Balaban J connectivity index is 1.90. The zero-order chi connectivity index (χ0) is 15.8. The molecule has 3 aromatic rings. The quantitative estimate of drug-likeness (QED) is 0.732. The predicted molar refractivity (Wildman–Crippen MR) is 97.7 cm³/mol. The maximum Gasteiger partial charge on any atom is 0.415 e. The van der Waals surface area contributed by atoms with Gasteiger partial charge in [0.15, 0.2) is 0 Å². The molecule has 23 heavy (non-hydrogen) atoms. The van der Waals surface area contributed by atoms with Crippen LogP contribution in [0.1, 0.15) is 11.1 Å². The molecular weight excluding hydrogens is 281 g/mol. The van der Waals surface area contributed by atoms with Gasteiger partial charge in [0.05, 0.1) is 5.69 Å². The van der Waals surface area contributed by atoms with E-state index in [-0.39, 0.29) is 6.98 Å². The first kappa shape index (κ1) is 13.9. The van der Waals surface area contributed by atoms with Gasteiger partial charge in [-0.3, -0.25) is 0 Å². The number of nitrogens with zero attached hydrogens (tertiary/aromatic N) is 2. The third kappa shape index (κ3) is 2.27. The minimum atomic E-state index is 0.0588. The Bertz CT molecular complexity index is 828. The summed E-state index contributed by atoms with van der Waals surface area (Å²) in [6, 6.07) is 20.9. The number of rotatable bonds is 2. The van der Waals surface area contributed by atoms with E-state index in [4.69, 9.17) is 0 Å². The van der Waals surface area contributed by atoms with Gasteiger partial charge in [0, 0.05) is 11.9 Å². The topological polar surface area (TPSA) is 28.2 Å². The SMILES string of the molecule is Cc1cccc(C)c1B1Nc2ccccc2N1c1ccccn1. The van der Waals surface area contributed by atoms with E-state index in [1.54, 1.807) is 0 Å². The molecular formula is C19H18BN3. The summed E-state index contributed by atoms with van der Waals surface area (Å²) in [6.07, 6.45) is 1.85. The molecule has 4 heteroatoms. The Morgan fingerprint density at radius 2 is 1.61 bits per heavy atom. The molecule has 1 aliphatic rings. The van der Waals surface area contributed by atoms with Crippen LogP contribution in [-0.4, -0.2) is 12.0 Å². The zero-order valence-electron chi connectivity index (χ0n) is 13.3. The van der Waals surface area contributed by atoms with Gasteiger partial charge < -0.3 is 10.0 Å². The molecule has 1 aromatic heterocycles. The van der Waals surface area contributed by atoms with Crippen LogP contribution in [0.5, 0.6) is 0 Å². The number of para-hydroxylation sites is 2. The highest BCUT2D eigenvalue weighted by Gasteiger charge is 2.38. The lowest BCUT2D eigenvalue weighted by molar-refractivity contribution is 1.24. The van der Waals surface area contributed by atoms with E-state index in [0.717, 1.165) is 11.5 Å². The number of hydrogen-bond donors (Lipinski definition) is 1. The van der Waals surface area contributed by atoms with Crippen molar-refractivity contribution in [2.24, 2.45) is 0 Å². The van der Waals surface area contributed by atoms with E-state index in [1.165, 1.54) is 22.3 Å². The molecule has 2 heterocycles. The first-order valence-electron chi connectivity index (χ1n) is 7.87. The Kier molecular flexibility index (Phi) is 3.30. The molecule has 1 aliphatic heterocycles. The molecule has 0 atom stereocenters. The van der Waals surface area contributed by atoms with Crippen molar-refractivity contribution in [2.45, 2.75) is 13.8 Å². The summed E-state index contributed by atoms with van der Waals surface area (Å²) >= 11 is 0. The van der Waals surface area contributed by atoms with E-state index in [0.29, 0.717) is 0 Å². The molecule has 3 nitrogen and oxygen atoms in total. The average Bonchev–Trinajstić information content (AvgIpc) is 2.94. The number of nitrogens with one attached hydrogen (secondary N) is 1. The number of aryl methyl sites for hydroxylation is 2. The van der Waals surface area contributed by atoms with Crippen molar-refractivity contribution in [1.29, 1.82) is 0 Å². The van der Waals surface area contributed by atoms with Crippen molar-refractivity contribution >= 4 is 29.6 Å². The van der Waals surface area contributed by atoms with Crippen LogP contribution in [0, 0.1) is 13.8 Å². The second kappa shape index (κ2) is 5.47. The molecule has 0 amide bonds. The maximum absolute atomic E-state index is 4.58. The van der Waals surface area contributed by atoms with Crippen molar-refractivity contribution in [2.75, 3.05) is 10.0 Å². The second-order valence-corrected chi connectivity index (χ2v) is 5.93. The van der Waals surface area contributed by atoms with Gasteiger partial charge in [-0.1, -0.05) is 47.5 Å². The maximum atomic E-state index is 4.58. The first-order chi connectivity index (χ1) is 11.3. The van der Waals surface area contributed by atoms with Gasteiger partial charge in [-0.15, -0.1) is 0 Å². The van der Waals surface area contributed by atoms with Gasteiger partial charge in [0.2, 0.25) is 0 Å². The average molecular weight is 299 g/mol. The van der Waals surface area contributed by atoms with Crippen molar-refractivity contribution in [3.63, 3.8) is 0 Å². The summed E-state index contributed by atoms with van der Waals surface area (Å²) in [7, 11) is 0. The van der Waals surface area contributed by atoms with Crippen molar-refractivity contribution in [1.82, 2.24) is 4.98 Å². The van der Waals surface area contributed by atoms with Gasteiger partial charge in [-0.05, 0) is 43.6 Å². The molecule has 112 valence electrons. The van der Waals surface area contributed by atoms with Crippen LogP contribution < -0.4 is 15.5 Å². The predicted octanol–water partition coefficient (Wildman–Crippen LogP) is 3.66. The Hall–Kier alpha value is -2.75. The van der Waals surface area contributed by atoms with Crippen LogP contribution in [0.15, 0.2) is 66.9 Å². The minimum absolute atomic E-state index is 0.0588. The lowest BCUT2D eigenvalue weighted by atomic mass is 9.63. The summed E-state index contributed by atoms with van der Waals surface area (Å²) in [6.45, 7) is 4.40. The van der Waals surface area contributed by atoms with E-state index in [2.05, 4.69) is 77.4 Å². The first-order valence-corrected chi connectivity index (χ1v) is 7.87. The Labute approximate surface area is 137 Å². The molecule has 0 bridgehead atoms. The molecule has 0 saturated carbocycles. The molecule has 0 unspecified atom stereocenters. The van der Waals surface area contributed by atoms with E-state index in [9.17, 15) is 0 Å². The van der Waals surface area contributed by atoms with Crippen LogP contribution in [-0.2, 0) is 0 Å². The molecule has 0 aliphatic carbocycles. The summed E-state index contributed by atoms with van der Waals surface area (Å²) in [4.78, 5) is 6.86. The third-order valence-electron chi connectivity index (χ3n) is 4.43. The van der Waals surface area contributed by atoms with E-state index < -0.39 is 0 Å². The number of anilines is 3. The van der Waals surface area contributed by atoms with Crippen molar-refractivity contribution in [3.8, 4) is 0 Å². The highest BCUT2D eigenvalue weighted by molar-refractivity contribution is 6.83. The summed E-state index contributed by atoms with van der Waals surface area (Å²) in [5.74, 6) is 0.956. The summed E-state index contributed by atoms with van der Waals surface area (Å²) in [5, 5.41) is 3.67. The largest absolute Gasteiger partial charge is 0.415 e. The minimum Gasteiger partial charge on any atom is -0.403 e. The highest BCUT2D eigenvalue weighted by atomic mass is 15.2. The summed E-state index contributed by atoms with van der Waals surface area (Å²) in [5.41, 5.74) is 6.20. The number of aromatic nitrogens is 1. The highest BCUT2D eigenvalue weighted by Crippen LogP contribution is 2.37. The molecule has 0 fully saturated rings. The van der Waals surface area contributed by atoms with Gasteiger partial charge in [-0.2, -0.15) is 0 Å². The van der Waals surface area contributed by atoms with Crippen LogP contribution in [0.4, 0.5) is 17.2 Å². The molecule has 0 spiro atoms. The van der Waals surface area contributed by atoms with Gasteiger partial charge >= 0.3 is 6.98 Å². The van der Waals surface area contributed by atoms with Crippen LogP contribution in [0.2, 0.25) is 0 Å². The van der Waals surface area contributed by atoms with Gasteiger partial charge in [0.1, 0.15) is 5.82 Å². The number of hydrogen-bond acceptors (Lipinski definition) is 3. The zero-order valence-corrected chi connectivity index (χ0v) is 13.3. The molecule has 4 rings (SSSR count). The number of fused-ring (bicyclic) bond motifs is 1. The van der Waals surface area contributed by atoms with Crippen molar-refractivity contribution < 1.29 is 0 Å². The van der Waals surface area contributed by atoms with Crippen molar-refractivity contribution in [3.05, 3.63) is 78.0 Å². The van der Waals surface area contributed by atoms with Gasteiger partial charge in [-0.25, -0.2) is 4.98 Å². The second-order valence-electron chi connectivity index (χ2n) is 5.93. The Morgan fingerprint density at radius 1 is 0.870 bits per heavy atom. The van der Waals surface area contributed by atoms with E-state index >= 15 is 0 Å². The van der Waals surface area contributed by atoms with Gasteiger partial charge in [0.25, 0.3) is 0 Å². The number of benzene rings is 2. The lowest BCUT2D eigenvalue weighted by Crippen LogP contribution is -2.50. The van der Waals surface area contributed by atoms with Crippen LogP contribution >= 0.6 is 0 Å². The fourth-order valence-corrected chi connectivity index (χ4v) is 3.37. The third-order valence-corrected chi connectivity index (χ3v) is 4.43. The molecule has 0 radical (unpaired) electrons.